The summed E-state index contributed by atoms with van der Waals surface area (Å²) in [6.45, 7) is -6.57. The molecule has 4 heterocycles. The van der Waals surface area contributed by atoms with Crippen LogP contribution in [0.5, 0.6) is 0 Å². The minimum atomic E-state index is -5.51. The molecule has 0 saturated carbocycles. The van der Waals surface area contributed by atoms with E-state index >= 15 is 0 Å². The third-order valence-electron chi connectivity index (χ3n) is 11.2. The molecule has 16 N–H and O–H groups in total. The molecular weight excluding hydrogens is 1340 g/mol. The number of carboxylic acids is 2. The SMILES string of the molecule is CO[C@@H]1O[C@@H](C(=O)O)[C@@H](OO[C@H]2O[C@H](COS(=O)(=O)O)[C@@H](OCC(=O)NCCNC(=O)CO[C@H]3[C@H](O)[C@@H](NS(=O)(=O)O)[C@@H](OO[C@H]4[C@H](O)[C@@H](OS(=O)(=O)O)[C@H](OC)O[C@H]4C(=O)O)O[C@@H]3COS(=O)(=O)O)[C@H](O)[C@H]2NS(=O)(=O)O)[C@H](O)[C@H]1OS(=O)(=O)O. The molecule has 0 aromatic rings. The molecule has 4 saturated heterocycles. The lowest BCUT2D eigenvalue weighted by Gasteiger charge is -2.44. The van der Waals surface area contributed by atoms with E-state index in [2.05, 4.69) is 27.4 Å². The average molecular weight is 1390 g/mol. The Kier molecular flexibility index (Phi) is 27.0. The Morgan fingerprint density at radius 3 is 1.02 bits per heavy atom. The fourth-order valence-electron chi connectivity index (χ4n) is 7.80. The van der Waals surface area contributed by atoms with Gasteiger partial charge in [0.05, 0.1) is 13.2 Å². The zero-order chi connectivity index (χ0) is 65.2. The third kappa shape index (κ3) is 23.4. The van der Waals surface area contributed by atoms with Crippen molar-refractivity contribution in [2.24, 2.45) is 0 Å². The van der Waals surface area contributed by atoms with Gasteiger partial charge in [-0.1, -0.05) is 0 Å². The van der Waals surface area contributed by atoms with Gasteiger partial charge in [0.15, 0.2) is 49.2 Å². The monoisotopic (exact) mass is 1390 g/mol. The van der Waals surface area contributed by atoms with Crippen molar-refractivity contribution >= 4 is 86.0 Å². The molecule has 54 heteroatoms. The van der Waals surface area contributed by atoms with Crippen LogP contribution in [0.25, 0.3) is 0 Å². The van der Waals surface area contributed by atoms with Gasteiger partial charge < -0.3 is 79.2 Å². The average Bonchev–Trinajstić information content (AvgIpc) is 0.941. The first kappa shape index (κ1) is 74.9. The van der Waals surface area contributed by atoms with E-state index in [1.165, 1.54) is 9.44 Å². The summed E-state index contributed by atoms with van der Waals surface area (Å²) in [5.41, 5.74) is 0. The number of hydrogen-bond donors (Lipinski definition) is 16. The van der Waals surface area contributed by atoms with Crippen LogP contribution in [0.4, 0.5) is 0 Å². The number of aliphatic hydroxyl groups is 4. The van der Waals surface area contributed by atoms with Gasteiger partial charge in [-0.25, -0.2) is 45.9 Å². The number of aliphatic hydroxyl groups excluding tert-OH is 4. The first-order chi connectivity index (χ1) is 39.4. The molecule has 0 radical (unpaired) electrons. The fraction of sp³-hybridized carbons (Fsp3) is 0.875. The number of methoxy groups -OCH3 is 2. The Labute approximate surface area is 482 Å². The number of carboxylic acid groups (broad SMARTS) is 2. The van der Waals surface area contributed by atoms with Crippen molar-refractivity contribution in [3.8, 4) is 0 Å². The van der Waals surface area contributed by atoms with Crippen molar-refractivity contribution in [1.29, 1.82) is 0 Å². The number of ether oxygens (including phenoxy) is 8. The predicted octanol–water partition coefficient (Wildman–Crippen LogP) is -12.0. The Bertz CT molecular complexity index is 2810. The fourth-order valence-corrected chi connectivity index (χ4v) is 10.6. The molecule has 4 aliphatic heterocycles. The van der Waals surface area contributed by atoms with Crippen LogP contribution in [-0.4, -0.2) is 309 Å². The number of hydrogen-bond acceptors (Lipinski definition) is 36. The molecule has 0 aromatic carbocycles. The lowest BCUT2D eigenvalue weighted by Crippen LogP contribution is -2.66. The van der Waals surface area contributed by atoms with Crippen molar-refractivity contribution in [2.45, 2.75) is 123 Å². The van der Waals surface area contributed by atoms with Gasteiger partial charge in [0, 0.05) is 27.3 Å². The molecule has 502 valence electrons. The number of amides is 2. The van der Waals surface area contributed by atoms with Crippen LogP contribution >= 0.6 is 0 Å². The van der Waals surface area contributed by atoms with Crippen LogP contribution in [0.15, 0.2) is 0 Å². The first-order valence-electron chi connectivity index (χ1n) is 22.7. The van der Waals surface area contributed by atoms with Gasteiger partial charge in [-0.15, -0.1) is 0 Å². The minimum absolute atomic E-state index is 0.597. The molecule has 48 nitrogen and oxygen atoms in total. The number of aliphatic carboxylic acids is 2. The summed E-state index contributed by atoms with van der Waals surface area (Å²) in [4.78, 5) is 69.4. The Morgan fingerprint density at radius 1 is 0.430 bits per heavy atom. The summed E-state index contributed by atoms with van der Waals surface area (Å²) in [7, 11) is -31.3. The van der Waals surface area contributed by atoms with Crippen LogP contribution < -0.4 is 20.1 Å². The van der Waals surface area contributed by atoms with Gasteiger partial charge in [0.1, 0.15) is 74.1 Å². The third-order valence-corrected chi connectivity index (χ3v) is 14.2. The summed E-state index contributed by atoms with van der Waals surface area (Å²) >= 11 is 0. The highest BCUT2D eigenvalue weighted by Crippen LogP contribution is 2.33. The summed E-state index contributed by atoms with van der Waals surface area (Å²) < 4.78 is 256. The number of rotatable bonds is 33. The van der Waals surface area contributed by atoms with E-state index in [-0.39, 0.29) is 0 Å². The van der Waals surface area contributed by atoms with Crippen LogP contribution in [0.2, 0.25) is 0 Å². The van der Waals surface area contributed by atoms with Crippen LogP contribution in [-0.2, 0) is 156 Å². The zero-order valence-electron chi connectivity index (χ0n) is 42.7. The molecule has 20 atom stereocenters. The number of carbonyl (C=O) groups is 4. The second-order valence-electron chi connectivity index (χ2n) is 17.3. The Morgan fingerprint density at radius 2 is 0.756 bits per heavy atom. The van der Waals surface area contributed by atoms with Gasteiger partial charge in [0.25, 0.3) is 0 Å². The second-order valence-corrected chi connectivity index (χ2v) is 23.9. The van der Waals surface area contributed by atoms with Crippen LogP contribution in [0.3, 0.4) is 0 Å². The van der Waals surface area contributed by atoms with E-state index < -0.39 is 248 Å². The minimum Gasteiger partial charge on any atom is -0.479 e. The summed E-state index contributed by atoms with van der Waals surface area (Å²) in [5, 5.41) is 67.9. The lowest BCUT2D eigenvalue weighted by molar-refractivity contribution is -0.451. The maximum Gasteiger partial charge on any atom is 0.397 e. The highest BCUT2D eigenvalue weighted by molar-refractivity contribution is 7.84. The van der Waals surface area contributed by atoms with Crippen molar-refractivity contribution in [3.63, 3.8) is 0 Å². The van der Waals surface area contributed by atoms with Crippen molar-refractivity contribution in [3.05, 3.63) is 0 Å². The molecule has 2 amide bonds. The molecule has 0 bridgehead atoms. The quantitative estimate of drug-likeness (QED) is 0.0126. The van der Waals surface area contributed by atoms with E-state index in [0.717, 1.165) is 14.2 Å². The maximum atomic E-state index is 12.9. The topological polar surface area (TPSA) is 712 Å². The van der Waals surface area contributed by atoms with Gasteiger partial charge >= 0.3 is 74.1 Å². The summed E-state index contributed by atoms with van der Waals surface area (Å²) in [6, 6.07) is -4.91. The first-order valence-corrected chi connectivity index (χ1v) is 31.1. The number of carbonyl (C=O) groups excluding carboxylic acids is 2. The van der Waals surface area contributed by atoms with Gasteiger partial charge in [-0.05, 0) is 0 Å². The van der Waals surface area contributed by atoms with Crippen LogP contribution in [0.1, 0.15) is 0 Å². The van der Waals surface area contributed by atoms with Crippen molar-refractivity contribution in [1.82, 2.24) is 20.1 Å². The lowest BCUT2D eigenvalue weighted by atomic mass is 9.97. The maximum absolute atomic E-state index is 12.9. The number of nitrogens with one attached hydrogen (secondary N) is 4. The molecule has 86 heavy (non-hydrogen) atoms. The largest absolute Gasteiger partial charge is 0.479 e. The zero-order valence-corrected chi connectivity index (χ0v) is 47.6. The Balaban J connectivity index is 1.44. The second kappa shape index (κ2) is 31.0. The van der Waals surface area contributed by atoms with Crippen molar-refractivity contribution in [2.75, 3.05) is 53.7 Å². The highest BCUT2D eigenvalue weighted by Gasteiger charge is 2.57. The van der Waals surface area contributed by atoms with E-state index in [0.29, 0.717) is 0 Å². The van der Waals surface area contributed by atoms with Gasteiger partial charge in [0.2, 0.25) is 24.4 Å². The van der Waals surface area contributed by atoms with Gasteiger partial charge in [-0.2, -0.15) is 60.0 Å². The normalized spacial score (nSPS) is 34.2. The predicted molar refractivity (Wildman–Crippen MR) is 250 cm³/mol. The summed E-state index contributed by atoms with van der Waals surface area (Å²) in [6.07, 6.45) is -42.8. The highest BCUT2D eigenvalue weighted by atomic mass is 32.3. The molecule has 4 fully saturated rings. The molecule has 4 rings (SSSR count). The Hall–Kier alpha value is -3.54. The summed E-state index contributed by atoms with van der Waals surface area (Å²) in [5.74, 6) is -6.42. The molecule has 4 aliphatic rings. The van der Waals surface area contributed by atoms with E-state index in [1.54, 1.807) is 0 Å². The molecule has 0 spiro atoms. The van der Waals surface area contributed by atoms with E-state index in [4.69, 9.17) is 57.4 Å². The molecule has 0 unspecified atom stereocenters. The molecular formula is C32H54N4O44S6. The molecule has 0 aliphatic carbocycles. The van der Waals surface area contributed by atoms with E-state index in [9.17, 15) is 128 Å². The smallest absolute Gasteiger partial charge is 0.397 e. The molecule has 0 aromatic heterocycles. The van der Waals surface area contributed by atoms with E-state index in [1.807, 2.05) is 0 Å². The van der Waals surface area contributed by atoms with Crippen LogP contribution in [0, 0.1) is 0 Å². The van der Waals surface area contributed by atoms with Crippen molar-refractivity contribution < 1.29 is 202 Å². The standard InChI is InChI=1S/C32H54N4O44S6/c1-65-31-23(79-85(59,60)61)17(41)21(25(73-31)27(43)44)75-77-29-13(35-81(47,48)49)15(39)19(9(71-29)5-69-83(53,54)55)67-7-11(37)33-3-4-34-12(38)8-68-20-10(6-70-84(56,57)58)72-30(14(16(20)40)36-82(50,51)52)78-76-22-18(42)24(80-86(62,63)64)32(66-2)74-26(22)28(45)46/h9-10,13-26,29-32,35-36,39-42H,3-8H2,1-2H3,(H,33,37)(H,34,38)(H,43,44)(H,45,46)(H,47,48,49)(H,50,51,52)(H,53,54,55)(H,56,57,58)(H,59,60,61)(H,62,63,64)/t9-,10-,13-,14-,15-,16-,17+,18+,19-,20-,21+,22+,23-,24-,25-,26-,29-,30-,31-,32-/m1/s1. The van der Waals surface area contributed by atoms with Gasteiger partial charge in [-0.3, -0.25) is 36.9 Å².